The Balaban J connectivity index is 2.60. The fourth-order valence-electron chi connectivity index (χ4n) is 2.35. The number of nitrogens with two attached hydrogens (primary N) is 1. The first-order chi connectivity index (χ1) is 9.20. The van der Waals surface area contributed by atoms with Crippen LogP contribution in [0.25, 0.3) is 0 Å². The highest BCUT2D eigenvalue weighted by molar-refractivity contribution is 7.90. The van der Waals surface area contributed by atoms with Crippen molar-refractivity contribution in [1.82, 2.24) is 5.32 Å². The van der Waals surface area contributed by atoms with E-state index in [1.807, 2.05) is 0 Å². The number of amides is 1. The van der Waals surface area contributed by atoms with Crippen LogP contribution in [0.3, 0.4) is 0 Å². The topological polar surface area (TPSA) is 127 Å². The fourth-order valence-corrected chi connectivity index (χ4v) is 3.02. The molecule has 0 aliphatic heterocycles. The molecular formula is C12H22N2O5S. The third-order valence-electron chi connectivity index (χ3n) is 3.55. The molecule has 1 aliphatic carbocycles. The third-order valence-corrected chi connectivity index (χ3v) is 4.53. The van der Waals surface area contributed by atoms with E-state index in [1.165, 1.54) is 0 Å². The predicted octanol–water partition coefficient (Wildman–Crippen LogP) is -0.492. The largest absolute Gasteiger partial charge is 0.480 e. The molecule has 1 fully saturated rings. The highest BCUT2D eigenvalue weighted by Gasteiger charge is 2.31. The van der Waals surface area contributed by atoms with Crippen molar-refractivity contribution in [2.45, 2.75) is 44.2 Å². The van der Waals surface area contributed by atoms with Crippen molar-refractivity contribution in [2.24, 2.45) is 11.7 Å². The van der Waals surface area contributed by atoms with Crippen LogP contribution in [0.15, 0.2) is 0 Å². The summed E-state index contributed by atoms with van der Waals surface area (Å²) in [5, 5.41) is 11.4. The highest BCUT2D eigenvalue weighted by Crippen LogP contribution is 2.23. The molecule has 3 unspecified atom stereocenters. The monoisotopic (exact) mass is 306 g/mol. The maximum absolute atomic E-state index is 12.0. The Hall–Kier alpha value is -1.15. The first-order valence-electron chi connectivity index (χ1n) is 6.67. The number of carboxylic acid groups (broad SMARTS) is 1. The zero-order chi connectivity index (χ0) is 15.3. The molecule has 1 rings (SSSR count). The van der Waals surface area contributed by atoms with Crippen molar-refractivity contribution in [1.29, 1.82) is 0 Å². The van der Waals surface area contributed by atoms with Gasteiger partial charge in [0.2, 0.25) is 5.91 Å². The Kier molecular flexibility index (Phi) is 5.94. The van der Waals surface area contributed by atoms with Crippen molar-refractivity contribution < 1.29 is 23.1 Å². The van der Waals surface area contributed by atoms with Crippen molar-refractivity contribution >= 4 is 21.7 Å². The van der Waals surface area contributed by atoms with Gasteiger partial charge in [0.15, 0.2) is 0 Å². The first-order valence-corrected chi connectivity index (χ1v) is 8.73. The van der Waals surface area contributed by atoms with Crippen molar-refractivity contribution in [3.63, 3.8) is 0 Å². The number of aliphatic carboxylic acids is 1. The van der Waals surface area contributed by atoms with Crippen LogP contribution >= 0.6 is 0 Å². The molecule has 4 N–H and O–H groups in total. The number of hydrogen-bond acceptors (Lipinski definition) is 5. The van der Waals surface area contributed by atoms with Crippen molar-refractivity contribution in [3.05, 3.63) is 0 Å². The number of hydrogen-bond donors (Lipinski definition) is 3. The van der Waals surface area contributed by atoms with Crippen LogP contribution in [0, 0.1) is 5.92 Å². The average molecular weight is 306 g/mol. The van der Waals surface area contributed by atoms with Gasteiger partial charge in [0.25, 0.3) is 0 Å². The molecule has 0 aromatic heterocycles. The van der Waals surface area contributed by atoms with E-state index >= 15 is 0 Å². The lowest BCUT2D eigenvalue weighted by molar-refractivity contribution is -0.142. The summed E-state index contributed by atoms with van der Waals surface area (Å²) in [7, 11) is -3.26. The number of rotatable bonds is 6. The Morgan fingerprint density at radius 3 is 2.45 bits per heavy atom. The van der Waals surface area contributed by atoms with Gasteiger partial charge in [0, 0.05) is 12.3 Å². The van der Waals surface area contributed by atoms with E-state index in [9.17, 15) is 18.0 Å². The maximum atomic E-state index is 12.0. The molecule has 20 heavy (non-hydrogen) atoms. The smallest absolute Gasteiger partial charge is 0.326 e. The summed E-state index contributed by atoms with van der Waals surface area (Å²) in [5.74, 6) is -2.28. The number of carbonyl (C=O) groups excluding carboxylic acids is 1. The minimum atomic E-state index is -3.26. The van der Waals surface area contributed by atoms with Crippen LogP contribution in [-0.4, -0.2) is 49.5 Å². The lowest BCUT2D eigenvalue weighted by Gasteiger charge is -2.28. The molecule has 3 atom stereocenters. The van der Waals surface area contributed by atoms with E-state index in [4.69, 9.17) is 10.8 Å². The first kappa shape index (κ1) is 16.9. The van der Waals surface area contributed by atoms with E-state index in [1.54, 1.807) is 0 Å². The summed E-state index contributed by atoms with van der Waals surface area (Å²) in [6.07, 6.45) is 4.16. The lowest BCUT2D eigenvalue weighted by atomic mass is 9.84. The van der Waals surface area contributed by atoms with E-state index in [-0.39, 0.29) is 24.1 Å². The zero-order valence-electron chi connectivity index (χ0n) is 11.5. The maximum Gasteiger partial charge on any atom is 0.326 e. The molecule has 0 saturated heterocycles. The van der Waals surface area contributed by atoms with Crippen LogP contribution in [-0.2, 0) is 19.4 Å². The summed E-state index contributed by atoms with van der Waals surface area (Å²) in [5.41, 5.74) is 5.87. The van der Waals surface area contributed by atoms with Gasteiger partial charge < -0.3 is 16.2 Å². The van der Waals surface area contributed by atoms with Gasteiger partial charge in [-0.05, 0) is 19.3 Å². The normalized spacial score (nSPS) is 24.9. The van der Waals surface area contributed by atoms with Crippen molar-refractivity contribution in [3.8, 4) is 0 Å². The fraction of sp³-hybridized carbons (Fsp3) is 0.833. The van der Waals surface area contributed by atoms with E-state index in [2.05, 4.69) is 5.32 Å². The summed E-state index contributed by atoms with van der Waals surface area (Å²) in [4.78, 5) is 23.1. The van der Waals surface area contributed by atoms with Gasteiger partial charge in [-0.15, -0.1) is 0 Å². The van der Waals surface area contributed by atoms with Crippen LogP contribution in [0.2, 0.25) is 0 Å². The lowest BCUT2D eigenvalue weighted by Crippen LogP contribution is -2.49. The molecule has 1 amide bonds. The molecule has 0 aromatic rings. The second kappa shape index (κ2) is 7.03. The van der Waals surface area contributed by atoms with Crippen LogP contribution in [0.1, 0.15) is 32.1 Å². The Morgan fingerprint density at radius 1 is 1.35 bits per heavy atom. The van der Waals surface area contributed by atoms with Gasteiger partial charge in [-0.1, -0.05) is 12.8 Å². The molecule has 1 saturated carbocycles. The molecule has 0 radical (unpaired) electrons. The number of carboxylic acids is 1. The summed E-state index contributed by atoms with van der Waals surface area (Å²) in [6, 6.07) is -1.44. The van der Waals surface area contributed by atoms with Crippen LogP contribution in [0.4, 0.5) is 0 Å². The SMILES string of the molecule is CS(=O)(=O)CCC(NC(=O)C1CCCCC1N)C(=O)O. The minimum Gasteiger partial charge on any atom is -0.480 e. The molecule has 0 aromatic carbocycles. The second-order valence-corrected chi connectivity index (χ2v) is 7.63. The Labute approximate surface area is 118 Å². The van der Waals surface area contributed by atoms with Gasteiger partial charge in [-0.2, -0.15) is 0 Å². The number of sulfone groups is 1. The molecular weight excluding hydrogens is 284 g/mol. The van der Waals surface area contributed by atoms with Crippen molar-refractivity contribution in [2.75, 3.05) is 12.0 Å². The third kappa shape index (κ3) is 5.46. The van der Waals surface area contributed by atoms with E-state index in [0.29, 0.717) is 6.42 Å². The molecule has 0 heterocycles. The minimum absolute atomic E-state index is 0.137. The molecule has 0 bridgehead atoms. The Morgan fingerprint density at radius 2 is 1.95 bits per heavy atom. The average Bonchev–Trinajstić information content (AvgIpc) is 2.33. The number of carbonyl (C=O) groups is 2. The second-order valence-electron chi connectivity index (χ2n) is 5.37. The zero-order valence-corrected chi connectivity index (χ0v) is 12.4. The molecule has 7 nitrogen and oxygen atoms in total. The standard InChI is InChI=1S/C12H22N2O5S/c1-20(18,19)7-6-10(12(16)17)14-11(15)8-4-2-3-5-9(8)13/h8-10H,2-7,13H2,1H3,(H,14,15)(H,16,17). The van der Waals surface area contributed by atoms with Crippen LogP contribution < -0.4 is 11.1 Å². The van der Waals surface area contributed by atoms with E-state index < -0.39 is 27.8 Å². The predicted molar refractivity (Wildman–Crippen MR) is 73.8 cm³/mol. The van der Waals surface area contributed by atoms with Gasteiger partial charge >= 0.3 is 5.97 Å². The molecule has 0 spiro atoms. The highest BCUT2D eigenvalue weighted by atomic mass is 32.2. The van der Waals surface area contributed by atoms with E-state index in [0.717, 1.165) is 25.5 Å². The quantitative estimate of drug-likeness (QED) is 0.607. The van der Waals surface area contributed by atoms with Crippen LogP contribution in [0.5, 0.6) is 0 Å². The number of nitrogens with one attached hydrogen (secondary N) is 1. The van der Waals surface area contributed by atoms with Gasteiger partial charge in [0.1, 0.15) is 15.9 Å². The molecule has 8 heteroatoms. The van der Waals surface area contributed by atoms with Gasteiger partial charge in [-0.25, -0.2) is 13.2 Å². The summed E-state index contributed by atoms with van der Waals surface area (Å²) in [6.45, 7) is 0. The summed E-state index contributed by atoms with van der Waals surface area (Å²) >= 11 is 0. The van der Waals surface area contributed by atoms with Gasteiger partial charge in [-0.3, -0.25) is 4.79 Å². The Bertz CT molecular complexity index is 462. The molecule has 1 aliphatic rings. The molecule has 116 valence electrons. The van der Waals surface area contributed by atoms with Gasteiger partial charge in [0.05, 0.1) is 11.7 Å². The summed E-state index contributed by atoms with van der Waals surface area (Å²) < 4.78 is 22.1.